The largest absolute Gasteiger partial charge is 0.251 e. The van der Waals surface area contributed by atoms with Crippen molar-refractivity contribution in [1.82, 2.24) is 9.78 Å². The first-order valence-corrected chi connectivity index (χ1v) is 5.49. The molecule has 0 aliphatic rings. The van der Waals surface area contributed by atoms with E-state index in [1.165, 1.54) is 0 Å². The average molecular weight is 215 g/mol. The summed E-state index contributed by atoms with van der Waals surface area (Å²) in [4.78, 5) is 0. The van der Waals surface area contributed by atoms with Crippen molar-refractivity contribution in [3.8, 4) is 0 Å². The van der Waals surface area contributed by atoms with Crippen LogP contribution in [-0.4, -0.2) is 9.78 Å². The Hall–Kier alpha value is -0.500. The molecule has 0 radical (unpaired) electrons. The molecule has 1 heterocycles. The fraction of sp³-hybridized carbons (Fsp3) is 0.727. The van der Waals surface area contributed by atoms with Gasteiger partial charge in [-0.25, -0.2) is 0 Å². The molecule has 2 nitrogen and oxygen atoms in total. The van der Waals surface area contributed by atoms with E-state index in [2.05, 4.69) is 39.7 Å². The van der Waals surface area contributed by atoms with E-state index in [1.807, 2.05) is 10.7 Å². The molecule has 0 aliphatic carbocycles. The lowest BCUT2D eigenvalue weighted by Crippen LogP contribution is -2.14. The molecule has 14 heavy (non-hydrogen) atoms. The molecule has 3 heteroatoms. The first kappa shape index (κ1) is 11.6. The van der Waals surface area contributed by atoms with Gasteiger partial charge in [0.15, 0.2) is 0 Å². The molecule has 0 spiro atoms. The Bertz CT molecular complexity index is 310. The van der Waals surface area contributed by atoms with Gasteiger partial charge >= 0.3 is 0 Å². The summed E-state index contributed by atoms with van der Waals surface area (Å²) in [5.41, 5.74) is 1.13. The van der Waals surface area contributed by atoms with Gasteiger partial charge in [-0.3, -0.25) is 4.68 Å². The molecule has 0 amide bonds. The maximum Gasteiger partial charge on any atom is 0.127 e. The van der Waals surface area contributed by atoms with Crippen LogP contribution in [0.2, 0.25) is 5.15 Å². The molecule has 1 unspecified atom stereocenters. The summed E-state index contributed by atoms with van der Waals surface area (Å²) in [7, 11) is 0. The summed E-state index contributed by atoms with van der Waals surface area (Å²) < 4.78 is 1.90. The van der Waals surface area contributed by atoms with Crippen LogP contribution in [0.4, 0.5) is 0 Å². The average Bonchev–Trinajstić information content (AvgIpc) is 2.45. The van der Waals surface area contributed by atoms with Crippen molar-refractivity contribution < 1.29 is 0 Å². The van der Waals surface area contributed by atoms with E-state index < -0.39 is 0 Å². The van der Waals surface area contributed by atoms with E-state index in [0.717, 1.165) is 17.3 Å². The van der Waals surface area contributed by atoms with E-state index in [0.29, 0.717) is 6.04 Å². The van der Waals surface area contributed by atoms with E-state index >= 15 is 0 Å². The highest BCUT2D eigenvalue weighted by atomic mass is 35.5. The lowest BCUT2D eigenvalue weighted by molar-refractivity contribution is 0.458. The first-order valence-electron chi connectivity index (χ1n) is 5.11. The van der Waals surface area contributed by atoms with Crippen LogP contribution < -0.4 is 0 Å². The second kappa shape index (κ2) is 3.93. The second-order valence-electron chi connectivity index (χ2n) is 4.80. The molecule has 0 bridgehead atoms. The smallest absolute Gasteiger partial charge is 0.127 e. The minimum absolute atomic E-state index is 0.0718. The standard InChI is InChI=1S/C11H19ClN2/c1-6-8(2)14-10(12)7-9(13-14)11(3,4)5/h7-8H,6H2,1-5H3. The quantitative estimate of drug-likeness (QED) is 0.732. The third-order valence-corrected chi connectivity index (χ3v) is 2.75. The van der Waals surface area contributed by atoms with Crippen LogP contribution in [-0.2, 0) is 5.41 Å². The van der Waals surface area contributed by atoms with Gasteiger partial charge in [-0.1, -0.05) is 39.3 Å². The van der Waals surface area contributed by atoms with Crippen molar-refractivity contribution in [2.75, 3.05) is 0 Å². The van der Waals surface area contributed by atoms with Crippen molar-refractivity contribution in [3.05, 3.63) is 16.9 Å². The Morgan fingerprint density at radius 2 is 2.07 bits per heavy atom. The molecule has 0 aliphatic heterocycles. The maximum atomic E-state index is 6.13. The van der Waals surface area contributed by atoms with Gasteiger partial charge in [-0.15, -0.1) is 0 Å². The molecule has 0 fully saturated rings. The van der Waals surface area contributed by atoms with Crippen LogP contribution in [0, 0.1) is 0 Å². The van der Waals surface area contributed by atoms with Crippen LogP contribution in [0.25, 0.3) is 0 Å². The third kappa shape index (κ3) is 2.30. The maximum absolute atomic E-state index is 6.13. The van der Waals surface area contributed by atoms with Crippen molar-refractivity contribution in [1.29, 1.82) is 0 Å². The predicted molar refractivity (Wildman–Crippen MR) is 60.9 cm³/mol. The lowest BCUT2D eigenvalue weighted by atomic mass is 9.93. The Morgan fingerprint density at radius 3 is 2.43 bits per heavy atom. The topological polar surface area (TPSA) is 17.8 Å². The van der Waals surface area contributed by atoms with Crippen LogP contribution in [0.5, 0.6) is 0 Å². The van der Waals surface area contributed by atoms with E-state index in [-0.39, 0.29) is 5.41 Å². The van der Waals surface area contributed by atoms with Gasteiger partial charge in [0.2, 0.25) is 0 Å². The Morgan fingerprint density at radius 1 is 1.50 bits per heavy atom. The summed E-state index contributed by atoms with van der Waals surface area (Å²) in [6, 6.07) is 2.34. The number of halogens is 1. The lowest BCUT2D eigenvalue weighted by Gasteiger charge is -2.15. The molecule has 1 atom stereocenters. The SMILES string of the molecule is CCC(C)n1nc(C(C)(C)C)cc1Cl. The summed E-state index contributed by atoms with van der Waals surface area (Å²) in [6.07, 6.45) is 1.05. The first-order chi connectivity index (χ1) is 6.36. The van der Waals surface area contributed by atoms with Crippen molar-refractivity contribution in [2.24, 2.45) is 0 Å². The number of hydrogen-bond donors (Lipinski definition) is 0. The molecule has 1 aromatic rings. The summed E-state index contributed by atoms with van der Waals surface area (Å²) >= 11 is 6.13. The number of nitrogens with zero attached hydrogens (tertiary/aromatic N) is 2. The zero-order valence-corrected chi connectivity index (χ0v) is 10.4. The van der Waals surface area contributed by atoms with Crippen molar-refractivity contribution >= 4 is 11.6 Å². The summed E-state index contributed by atoms with van der Waals surface area (Å²) in [6.45, 7) is 10.7. The van der Waals surface area contributed by atoms with Crippen molar-refractivity contribution in [2.45, 2.75) is 52.5 Å². The summed E-state index contributed by atoms with van der Waals surface area (Å²) in [5, 5.41) is 5.28. The van der Waals surface area contributed by atoms with Crippen LogP contribution in [0.15, 0.2) is 6.07 Å². The van der Waals surface area contributed by atoms with E-state index in [9.17, 15) is 0 Å². The van der Waals surface area contributed by atoms with Crippen LogP contribution in [0.3, 0.4) is 0 Å². The Kier molecular flexibility index (Phi) is 3.25. The molecule has 1 aromatic heterocycles. The highest BCUT2D eigenvalue weighted by Crippen LogP contribution is 2.26. The Labute approximate surface area is 91.3 Å². The zero-order chi connectivity index (χ0) is 10.9. The predicted octanol–water partition coefficient (Wildman–Crippen LogP) is 3.81. The molecular weight excluding hydrogens is 196 g/mol. The molecule has 0 saturated heterocycles. The molecule has 0 N–H and O–H groups in total. The minimum atomic E-state index is 0.0718. The molecule has 0 aromatic carbocycles. The Balaban J connectivity index is 3.05. The van der Waals surface area contributed by atoms with Crippen LogP contribution in [0.1, 0.15) is 52.8 Å². The number of aromatic nitrogens is 2. The van der Waals surface area contributed by atoms with E-state index in [4.69, 9.17) is 11.6 Å². The van der Waals surface area contributed by atoms with Gasteiger partial charge in [0.05, 0.1) is 11.7 Å². The van der Waals surface area contributed by atoms with Gasteiger partial charge in [0, 0.05) is 5.41 Å². The van der Waals surface area contributed by atoms with Crippen molar-refractivity contribution in [3.63, 3.8) is 0 Å². The van der Waals surface area contributed by atoms with Gasteiger partial charge in [-0.05, 0) is 19.4 Å². The van der Waals surface area contributed by atoms with Crippen LogP contribution >= 0.6 is 11.6 Å². The molecule has 0 saturated carbocycles. The fourth-order valence-corrected chi connectivity index (χ4v) is 1.53. The minimum Gasteiger partial charge on any atom is -0.251 e. The summed E-state index contributed by atoms with van der Waals surface area (Å²) in [5.74, 6) is 0. The van der Waals surface area contributed by atoms with Gasteiger partial charge in [0.1, 0.15) is 5.15 Å². The second-order valence-corrected chi connectivity index (χ2v) is 5.19. The van der Waals surface area contributed by atoms with Gasteiger partial charge in [0.25, 0.3) is 0 Å². The monoisotopic (exact) mass is 214 g/mol. The molecule has 1 rings (SSSR count). The highest BCUT2D eigenvalue weighted by molar-refractivity contribution is 6.29. The molecular formula is C11H19ClN2. The van der Waals surface area contributed by atoms with Gasteiger partial charge < -0.3 is 0 Å². The fourth-order valence-electron chi connectivity index (χ4n) is 1.22. The third-order valence-electron chi connectivity index (χ3n) is 2.47. The molecule has 80 valence electrons. The number of rotatable bonds is 2. The normalized spacial score (nSPS) is 14.4. The zero-order valence-electron chi connectivity index (χ0n) is 9.63. The van der Waals surface area contributed by atoms with E-state index in [1.54, 1.807) is 0 Å². The highest BCUT2D eigenvalue weighted by Gasteiger charge is 2.20. The number of hydrogen-bond acceptors (Lipinski definition) is 1. The van der Waals surface area contributed by atoms with Gasteiger partial charge in [-0.2, -0.15) is 5.10 Å².